The molecule has 0 aliphatic heterocycles. The molecule has 5 heteroatoms. The molecule has 5 nitrogen and oxygen atoms in total. The second-order valence-electron chi connectivity index (χ2n) is 6.14. The van der Waals surface area contributed by atoms with Gasteiger partial charge in [-0.25, -0.2) is 0 Å². The molecular formula is C22H28N2O3. The quantitative estimate of drug-likeness (QED) is 0.649. The molecular weight excluding hydrogens is 340 g/mol. The number of nitrogens with one attached hydrogen (secondary N) is 1. The van der Waals surface area contributed by atoms with E-state index in [1.54, 1.807) is 13.2 Å². The van der Waals surface area contributed by atoms with E-state index in [-0.39, 0.29) is 5.91 Å². The van der Waals surface area contributed by atoms with Crippen molar-refractivity contribution < 1.29 is 14.3 Å². The van der Waals surface area contributed by atoms with Crippen molar-refractivity contribution in [3.05, 3.63) is 60.2 Å². The molecule has 0 aliphatic rings. The zero-order chi connectivity index (χ0) is 19.5. The summed E-state index contributed by atoms with van der Waals surface area (Å²) in [6.45, 7) is 4.01. The smallest absolute Gasteiger partial charge is 0.244 e. The number of benzene rings is 2. The number of methoxy groups -OCH3 is 1. The lowest BCUT2D eigenvalue weighted by molar-refractivity contribution is -0.116. The molecule has 0 atom stereocenters. The highest BCUT2D eigenvalue weighted by Gasteiger charge is 2.05. The summed E-state index contributed by atoms with van der Waals surface area (Å²) in [4.78, 5) is 14.1. The first-order valence-corrected chi connectivity index (χ1v) is 9.17. The van der Waals surface area contributed by atoms with Gasteiger partial charge in [0.1, 0.15) is 0 Å². The molecule has 0 aliphatic carbocycles. The fourth-order valence-electron chi connectivity index (χ4n) is 2.51. The number of carbonyl (C=O) groups excluding carboxylic acids is 1. The van der Waals surface area contributed by atoms with Gasteiger partial charge in [0.05, 0.1) is 13.7 Å². The summed E-state index contributed by atoms with van der Waals surface area (Å²) < 4.78 is 11.0. The second kappa shape index (κ2) is 10.9. The molecule has 2 aromatic carbocycles. The molecule has 0 bridgehead atoms. The van der Waals surface area contributed by atoms with Crippen LogP contribution in [0.3, 0.4) is 0 Å². The Kier molecular flexibility index (Phi) is 8.23. The topological polar surface area (TPSA) is 50.8 Å². The summed E-state index contributed by atoms with van der Waals surface area (Å²) in [5.41, 5.74) is 2.01. The first-order valence-electron chi connectivity index (χ1n) is 9.17. The van der Waals surface area contributed by atoms with Gasteiger partial charge in [-0.05, 0) is 42.3 Å². The van der Waals surface area contributed by atoms with Gasteiger partial charge in [-0.2, -0.15) is 0 Å². The highest BCUT2D eigenvalue weighted by Crippen LogP contribution is 2.28. The van der Waals surface area contributed by atoms with Crippen LogP contribution in [0.2, 0.25) is 0 Å². The molecule has 0 spiro atoms. The van der Waals surface area contributed by atoms with E-state index in [4.69, 9.17) is 9.47 Å². The molecule has 0 fully saturated rings. The van der Waals surface area contributed by atoms with Crippen LogP contribution in [-0.4, -0.2) is 39.8 Å². The highest BCUT2D eigenvalue weighted by atomic mass is 16.5. The van der Waals surface area contributed by atoms with Gasteiger partial charge in [0, 0.05) is 31.9 Å². The predicted octanol–water partition coefficient (Wildman–Crippen LogP) is 3.75. The number of rotatable bonds is 10. The van der Waals surface area contributed by atoms with Crippen LogP contribution in [-0.2, 0) is 4.79 Å². The van der Waals surface area contributed by atoms with Crippen LogP contribution in [0.25, 0.3) is 6.08 Å². The van der Waals surface area contributed by atoms with E-state index in [9.17, 15) is 4.79 Å². The summed E-state index contributed by atoms with van der Waals surface area (Å²) in [6.07, 6.45) is 4.23. The maximum absolute atomic E-state index is 12.0. The maximum atomic E-state index is 12.0. The Hall–Kier alpha value is -2.95. The summed E-state index contributed by atoms with van der Waals surface area (Å²) in [5.74, 6) is 1.25. The fraction of sp³-hybridized carbons (Fsp3) is 0.318. The number of amides is 1. The first kappa shape index (κ1) is 20.4. The van der Waals surface area contributed by atoms with Gasteiger partial charge in [0.25, 0.3) is 0 Å². The fourth-order valence-corrected chi connectivity index (χ4v) is 2.51. The minimum absolute atomic E-state index is 0.123. The van der Waals surface area contributed by atoms with E-state index in [1.807, 2.05) is 55.6 Å². The number of para-hydroxylation sites is 1. The van der Waals surface area contributed by atoms with E-state index in [0.29, 0.717) is 24.7 Å². The molecule has 144 valence electrons. The molecule has 1 amide bonds. The Morgan fingerprint density at radius 3 is 2.63 bits per heavy atom. The van der Waals surface area contributed by atoms with E-state index >= 15 is 0 Å². The van der Waals surface area contributed by atoms with Crippen LogP contribution < -0.4 is 19.7 Å². The largest absolute Gasteiger partial charge is 0.493 e. The summed E-state index contributed by atoms with van der Waals surface area (Å²) in [5, 5.41) is 2.90. The normalized spacial score (nSPS) is 10.6. The average molecular weight is 368 g/mol. The molecule has 0 unspecified atom stereocenters. The van der Waals surface area contributed by atoms with E-state index < -0.39 is 0 Å². The van der Waals surface area contributed by atoms with Gasteiger partial charge in [-0.1, -0.05) is 31.2 Å². The molecule has 1 N–H and O–H groups in total. The standard InChI is InChI=1S/C22H28N2O3/c1-4-16-27-20-12-10-18(17-21(20)26-3)11-13-22(25)23-14-15-24(2)19-8-6-5-7-9-19/h5-13,17H,4,14-16H2,1-3H3,(H,23,25)/b13-11+. The van der Waals surface area contributed by atoms with Gasteiger partial charge in [-0.15, -0.1) is 0 Å². The number of hydrogen-bond donors (Lipinski definition) is 1. The Morgan fingerprint density at radius 2 is 1.93 bits per heavy atom. The number of ether oxygens (including phenoxy) is 2. The Balaban J connectivity index is 1.83. The molecule has 2 aromatic rings. The monoisotopic (exact) mass is 368 g/mol. The van der Waals surface area contributed by atoms with Crippen LogP contribution in [0.5, 0.6) is 11.5 Å². The van der Waals surface area contributed by atoms with Crippen LogP contribution in [0.1, 0.15) is 18.9 Å². The van der Waals surface area contributed by atoms with Crippen molar-refractivity contribution in [2.75, 3.05) is 38.8 Å². The minimum Gasteiger partial charge on any atom is -0.493 e. The third kappa shape index (κ3) is 6.70. The van der Waals surface area contributed by atoms with Gasteiger partial charge in [0.2, 0.25) is 5.91 Å². The highest BCUT2D eigenvalue weighted by molar-refractivity contribution is 5.91. The van der Waals surface area contributed by atoms with Crippen molar-refractivity contribution in [2.45, 2.75) is 13.3 Å². The lowest BCUT2D eigenvalue weighted by atomic mass is 10.2. The minimum atomic E-state index is -0.123. The maximum Gasteiger partial charge on any atom is 0.244 e. The van der Waals surface area contributed by atoms with Gasteiger partial charge in [0.15, 0.2) is 11.5 Å². The first-order chi connectivity index (χ1) is 13.1. The summed E-state index contributed by atoms with van der Waals surface area (Å²) in [7, 11) is 3.61. The zero-order valence-electron chi connectivity index (χ0n) is 16.3. The third-order valence-electron chi connectivity index (χ3n) is 4.02. The summed E-state index contributed by atoms with van der Waals surface area (Å²) >= 11 is 0. The van der Waals surface area contributed by atoms with Gasteiger partial charge < -0.3 is 19.7 Å². The lowest BCUT2D eigenvalue weighted by Gasteiger charge is -2.19. The van der Waals surface area contributed by atoms with Crippen LogP contribution in [0.4, 0.5) is 5.69 Å². The number of hydrogen-bond acceptors (Lipinski definition) is 4. The van der Waals surface area contributed by atoms with Crippen molar-refractivity contribution in [3.8, 4) is 11.5 Å². The molecule has 0 radical (unpaired) electrons. The van der Waals surface area contributed by atoms with Crippen molar-refractivity contribution in [3.63, 3.8) is 0 Å². The molecule has 0 aromatic heterocycles. The molecule has 0 heterocycles. The average Bonchev–Trinajstić information content (AvgIpc) is 2.71. The molecule has 0 saturated heterocycles. The Bertz CT molecular complexity index is 744. The number of likely N-dealkylation sites (N-methyl/N-ethyl adjacent to an activating group) is 1. The number of nitrogens with zero attached hydrogens (tertiary/aromatic N) is 1. The summed E-state index contributed by atoms with van der Waals surface area (Å²) in [6, 6.07) is 15.7. The Labute approximate surface area is 161 Å². The molecule has 27 heavy (non-hydrogen) atoms. The van der Waals surface area contributed by atoms with Crippen molar-refractivity contribution in [1.29, 1.82) is 0 Å². The van der Waals surface area contributed by atoms with E-state index in [1.165, 1.54) is 6.08 Å². The van der Waals surface area contributed by atoms with Crippen LogP contribution >= 0.6 is 0 Å². The lowest BCUT2D eigenvalue weighted by Crippen LogP contribution is -2.31. The number of carbonyl (C=O) groups is 1. The van der Waals surface area contributed by atoms with Crippen molar-refractivity contribution >= 4 is 17.7 Å². The van der Waals surface area contributed by atoms with Crippen molar-refractivity contribution in [1.82, 2.24) is 5.32 Å². The van der Waals surface area contributed by atoms with Crippen LogP contribution in [0, 0.1) is 0 Å². The molecule has 0 saturated carbocycles. The predicted molar refractivity (Wildman–Crippen MR) is 111 cm³/mol. The second-order valence-corrected chi connectivity index (χ2v) is 6.14. The molecule has 2 rings (SSSR count). The van der Waals surface area contributed by atoms with E-state index in [0.717, 1.165) is 24.2 Å². The van der Waals surface area contributed by atoms with E-state index in [2.05, 4.69) is 17.1 Å². The third-order valence-corrected chi connectivity index (χ3v) is 4.02. The zero-order valence-corrected chi connectivity index (χ0v) is 16.3. The Morgan fingerprint density at radius 1 is 1.15 bits per heavy atom. The van der Waals surface area contributed by atoms with Gasteiger partial charge in [-0.3, -0.25) is 4.79 Å². The number of anilines is 1. The van der Waals surface area contributed by atoms with Crippen molar-refractivity contribution in [2.24, 2.45) is 0 Å². The van der Waals surface area contributed by atoms with Crippen LogP contribution in [0.15, 0.2) is 54.6 Å². The SMILES string of the molecule is CCCOc1ccc(/C=C/C(=O)NCCN(C)c2ccccc2)cc1OC. The van der Waals surface area contributed by atoms with Gasteiger partial charge >= 0.3 is 0 Å².